The van der Waals surface area contributed by atoms with E-state index in [9.17, 15) is 18.0 Å². The molecule has 3 aliphatic heterocycles. The molecule has 6 nitrogen and oxygen atoms in total. The Hall–Kier alpha value is -2.00. The van der Waals surface area contributed by atoms with Crippen molar-refractivity contribution in [2.24, 2.45) is 5.92 Å². The van der Waals surface area contributed by atoms with Gasteiger partial charge in [-0.15, -0.1) is 25.6 Å². The van der Waals surface area contributed by atoms with E-state index in [4.69, 9.17) is 0 Å². The fraction of sp³-hybridized carbons (Fsp3) is 0.500. The van der Waals surface area contributed by atoms with E-state index >= 15 is 0 Å². The Balaban J connectivity index is 0.00000196. The zero-order valence-corrected chi connectivity index (χ0v) is 14.5. The van der Waals surface area contributed by atoms with E-state index in [0.29, 0.717) is 16.8 Å². The number of aromatic nitrogens is 2. The normalized spacial score (nSPS) is 25.0. The van der Waals surface area contributed by atoms with E-state index in [0.717, 1.165) is 32.5 Å². The fourth-order valence-electron chi connectivity index (χ4n) is 3.73. The van der Waals surface area contributed by atoms with Crippen LogP contribution in [-0.2, 0) is 0 Å². The number of carbonyl (C=O) groups excluding carboxylic acids is 1. The molecule has 1 amide bonds. The van der Waals surface area contributed by atoms with E-state index in [1.807, 2.05) is 0 Å². The summed E-state index contributed by atoms with van der Waals surface area (Å²) in [6.45, 7) is 2.92. The molecule has 0 aliphatic carbocycles. The molecule has 1 aromatic heterocycles. The summed E-state index contributed by atoms with van der Waals surface area (Å²) in [6, 6.07) is 3.83. The molecule has 1 atom stereocenters. The number of ether oxygens (including phenoxy) is 1. The molecule has 5 rings (SSSR count). The molecular weight excluding hydrogens is 373 g/mol. The van der Waals surface area contributed by atoms with Crippen LogP contribution in [-0.4, -0.2) is 53.0 Å². The molecule has 10 heteroatoms. The third-order valence-electron chi connectivity index (χ3n) is 4.96. The van der Waals surface area contributed by atoms with E-state index in [2.05, 4.69) is 25.2 Å². The summed E-state index contributed by atoms with van der Waals surface area (Å²) in [5.74, 6) is -0.310. The molecule has 0 saturated carbocycles. The van der Waals surface area contributed by atoms with Crippen molar-refractivity contribution >= 4 is 29.2 Å². The average molecular weight is 391 g/mol. The van der Waals surface area contributed by atoms with Crippen molar-refractivity contribution in [2.75, 3.05) is 19.6 Å². The second-order valence-electron chi connectivity index (χ2n) is 6.55. The first kappa shape index (κ1) is 18.8. The molecule has 1 unspecified atom stereocenters. The van der Waals surface area contributed by atoms with Crippen LogP contribution < -0.4 is 10.1 Å². The van der Waals surface area contributed by atoms with Crippen LogP contribution in [0.1, 0.15) is 23.3 Å². The van der Waals surface area contributed by atoms with Crippen molar-refractivity contribution in [3.05, 3.63) is 23.9 Å². The zero-order valence-electron chi connectivity index (χ0n) is 13.7. The molecule has 3 fully saturated rings. The van der Waals surface area contributed by atoms with E-state index < -0.39 is 6.36 Å². The van der Waals surface area contributed by atoms with Gasteiger partial charge in [0.25, 0.3) is 5.91 Å². The Morgan fingerprint density at radius 1 is 1.31 bits per heavy atom. The number of alkyl halides is 3. The number of aromatic amines is 1. The molecule has 1 aromatic carbocycles. The molecule has 142 valence electrons. The predicted octanol–water partition coefficient (Wildman–Crippen LogP) is 2.71. The highest BCUT2D eigenvalue weighted by Crippen LogP contribution is 2.29. The SMILES string of the molecule is Cl.O=C(NC1CN2CCC1CC2)c1n[nH]c2ccc(OC(F)(F)F)cc12. The zero-order chi connectivity index (χ0) is 17.6. The maximum atomic E-state index is 12.6. The van der Waals surface area contributed by atoms with Gasteiger partial charge < -0.3 is 15.0 Å². The highest BCUT2D eigenvalue weighted by molar-refractivity contribution is 6.05. The van der Waals surface area contributed by atoms with Gasteiger partial charge in [0, 0.05) is 18.0 Å². The van der Waals surface area contributed by atoms with Crippen molar-refractivity contribution in [2.45, 2.75) is 25.2 Å². The van der Waals surface area contributed by atoms with Crippen LogP contribution in [0.15, 0.2) is 18.2 Å². The minimum Gasteiger partial charge on any atom is -0.406 e. The molecule has 2 bridgehead atoms. The van der Waals surface area contributed by atoms with Crippen LogP contribution in [0, 0.1) is 5.92 Å². The number of carbonyl (C=O) groups is 1. The largest absolute Gasteiger partial charge is 0.573 e. The molecule has 0 spiro atoms. The van der Waals surface area contributed by atoms with Crippen molar-refractivity contribution in [3.8, 4) is 5.75 Å². The smallest absolute Gasteiger partial charge is 0.406 e. The highest BCUT2D eigenvalue weighted by Gasteiger charge is 2.35. The van der Waals surface area contributed by atoms with Gasteiger partial charge in [0.05, 0.1) is 5.52 Å². The van der Waals surface area contributed by atoms with Crippen LogP contribution in [0.4, 0.5) is 13.2 Å². The lowest BCUT2D eigenvalue weighted by atomic mass is 9.84. The molecule has 26 heavy (non-hydrogen) atoms. The van der Waals surface area contributed by atoms with Crippen molar-refractivity contribution in [1.29, 1.82) is 0 Å². The van der Waals surface area contributed by atoms with Crippen molar-refractivity contribution in [1.82, 2.24) is 20.4 Å². The molecule has 2 N–H and O–H groups in total. The number of hydrogen-bond acceptors (Lipinski definition) is 4. The number of amides is 1. The van der Waals surface area contributed by atoms with Gasteiger partial charge in [0.2, 0.25) is 0 Å². The number of piperidine rings is 3. The fourth-order valence-corrected chi connectivity index (χ4v) is 3.73. The van der Waals surface area contributed by atoms with E-state index in [-0.39, 0.29) is 35.8 Å². The van der Waals surface area contributed by atoms with Gasteiger partial charge in [-0.05, 0) is 50.0 Å². The summed E-state index contributed by atoms with van der Waals surface area (Å²) in [7, 11) is 0. The lowest BCUT2D eigenvalue weighted by Crippen LogP contribution is -2.57. The minimum atomic E-state index is -4.78. The Kier molecular flexibility index (Phi) is 5.03. The number of nitrogens with one attached hydrogen (secondary N) is 2. The standard InChI is InChI=1S/C16H17F3N4O2.ClH/c17-16(18,19)25-10-1-2-12-11(7-10)14(22-21-12)15(24)20-13-8-23-5-3-9(13)4-6-23;/h1-2,7,9,13H,3-6,8H2,(H,20,24)(H,21,22);1H. The van der Waals surface area contributed by atoms with Crippen molar-refractivity contribution < 1.29 is 22.7 Å². The first-order valence-electron chi connectivity index (χ1n) is 8.16. The van der Waals surface area contributed by atoms with Crippen LogP contribution in [0.3, 0.4) is 0 Å². The van der Waals surface area contributed by atoms with Gasteiger partial charge in [0.15, 0.2) is 5.69 Å². The van der Waals surface area contributed by atoms with E-state index in [1.165, 1.54) is 18.2 Å². The van der Waals surface area contributed by atoms with Gasteiger partial charge in [-0.1, -0.05) is 0 Å². The molecule has 4 heterocycles. The Morgan fingerprint density at radius 3 is 2.65 bits per heavy atom. The monoisotopic (exact) mass is 390 g/mol. The van der Waals surface area contributed by atoms with Gasteiger partial charge >= 0.3 is 6.36 Å². The number of hydrogen-bond donors (Lipinski definition) is 2. The van der Waals surface area contributed by atoms with Crippen molar-refractivity contribution in [3.63, 3.8) is 0 Å². The lowest BCUT2D eigenvalue weighted by Gasteiger charge is -2.44. The van der Waals surface area contributed by atoms with Crippen LogP contribution >= 0.6 is 12.4 Å². The van der Waals surface area contributed by atoms with Crippen LogP contribution in [0.25, 0.3) is 10.9 Å². The topological polar surface area (TPSA) is 70.2 Å². The molecule has 2 aromatic rings. The Labute approximate surface area is 153 Å². The Morgan fingerprint density at radius 2 is 2.04 bits per heavy atom. The van der Waals surface area contributed by atoms with Gasteiger partial charge in [-0.2, -0.15) is 5.10 Å². The third-order valence-corrected chi connectivity index (χ3v) is 4.96. The van der Waals surface area contributed by atoms with Crippen LogP contribution in [0.2, 0.25) is 0 Å². The number of nitrogens with zero attached hydrogens (tertiary/aromatic N) is 2. The summed E-state index contributed by atoms with van der Waals surface area (Å²) in [6.07, 6.45) is -2.68. The average Bonchev–Trinajstić information content (AvgIpc) is 2.97. The summed E-state index contributed by atoms with van der Waals surface area (Å²) in [5.41, 5.74) is 0.563. The maximum absolute atomic E-state index is 12.6. The number of rotatable bonds is 3. The third kappa shape index (κ3) is 3.73. The summed E-state index contributed by atoms with van der Waals surface area (Å²) >= 11 is 0. The molecule has 0 radical (unpaired) electrons. The first-order valence-corrected chi connectivity index (χ1v) is 8.16. The summed E-state index contributed by atoms with van der Waals surface area (Å²) in [4.78, 5) is 14.9. The summed E-state index contributed by atoms with van der Waals surface area (Å²) < 4.78 is 41.1. The van der Waals surface area contributed by atoms with Gasteiger partial charge in [0.1, 0.15) is 5.75 Å². The molecular formula is C16H18ClF3N4O2. The highest BCUT2D eigenvalue weighted by atomic mass is 35.5. The quantitative estimate of drug-likeness (QED) is 0.845. The van der Waals surface area contributed by atoms with E-state index in [1.54, 1.807) is 0 Å². The maximum Gasteiger partial charge on any atom is 0.573 e. The lowest BCUT2D eigenvalue weighted by molar-refractivity contribution is -0.274. The summed E-state index contributed by atoms with van der Waals surface area (Å²) in [5, 5.41) is 9.94. The second-order valence-corrected chi connectivity index (χ2v) is 6.55. The first-order chi connectivity index (χ1) is 11.9. The second kappa shape index (κ2) is 6.96. The number of benzene rings is 1. The van der Waals surface area contributed by atoms with Gasteiger partial charge in [-0.25, -0.2) is 0 Å². The van der Waals surface area contributed by atoms with Crippen LogP contribution in [0.5, 0.6) is 5.75 Å². The predicted molar refractivity (Wildman–Crippen MR) is 90.4 cm³/mol. The van der Waals surface area contributed by atoms with Gasteiger partial charge in [-0.3, -0.25) is 9.89 Å². The Bertz CT molecular complexity index is 802. The number of H-pyrrole nitrogens is 1. The minimum absolute atomic E-state index is 0. The number of halogens is 4. The number of fused-ring (bicyclic) bond motifs is 4. The molecule has 3 saturated heterocycles. The molecule has 3 aliphatic rings.